The molecule has 0 aromatic carbocycles. The topological polar surface area (TPSA) is 265 Å². The summed E-state index contributed by atoms with van der Waals surface area (Å²) in [5.41, 5.74) is 16.7. The van der Waals surface area contributed by atoms with Gasteiger partial charge < -0.3 is 43.2 Å². The molecule has 5 unspecified atom stereocenters. The fourth-order valence-corrected chi connectivity index (χ4v) is 3.25. The molecule has 0 aliphatic rings. The van der Waals surface area contributed by atoms with Crippen LogP contribution in [0, 0.1) is 5.92 Å². The highest BCUT2D eigenvalue weighted by molar-refractivity contribution is 5.94. The van der Waals surface area contributed by atoms with E-state index in [1.165, 1.54) is 12.5 Å². The number of hydrogen-bond acceptors (Lipinski definition) is 8. The maximum atomic E-state index is 13.1. The number of aromatic nitrogens is 2. The molecule has 15 nitrogen and oxygen atoms in total. The van der Waals surface area contributed by atoms with E-state index in [1.54, 1.807) is 6.92 Å². The van der Waals surface area contributed by atoms with Gasteiger partial charge in [0.15, 0.2) is 0 Å². The molecule has 15 heteroatoms. The van der Waals surface area contributed by atoms with Gasteiger partial charge in [-0.15, -0.1) is 0 Å². The third kappa shape index (κ3) is 11.1. The first-order valence-corrected chi connectivity index (χ1v) is 11.8. The lowest BCUT2D eigenvalue weighted by atomic mass is 9.98. The molecule has 0 aliphatic heterocycles. The number of aliphatic carboxylic acids is 1. The number of H-pyrrole nitrogens is 1. The van der Waals surface area contributed by atoms with Crippen LogP contribution in [0.25, 0.3) is 0 Å². The van der Waals surface area contributed by atoms with Gasteiger partial charge in [0.25, 0.3) is 0 Å². The van der Waals surface area contributed by atoms with Crippen molar-refractivity contribution in [2.45, 2.75) is 76.5 Å². The molecule has 0 bridgehead atoms. The maximum Gasteiger partial charge on any atom is 0.326 e. The predicted octanol–water partition coefficient (Wildman–Crippen LogP) is -2.60. The van der Waals surface area contributed by atoms with Crippen LogP contribution in [0.5, 0.6) is 0 Å². The summed E-state index contributed by atoms with van der Waals surface area (Å²) < 4.78 is 0. The van der Waals surface area contributed by atoms with Crippen LogP contribution in [-0.2, 0) is 35.2 Å². The number of aromatic amines is 1. The quantitative estimate of drug-likeness (QED) is 0.106. The van der Waals surface area contributed by atoms with Crippen LogP contribution < -0.4 is 33.2 Å². The molecular weight excluding hydrogens is 488 g/mol. The van der Waals surface area contributed by atoms with E-state index in [0.29, 0.717) is 12.1 Å². The summed E-state index contributed by atoms with van der Waals surface area (Å²) in [4.78, 5) is 79.3. The number of rotatable bonds is 17. The summed E-state index contributed by atoms with van der Waals surface area (Å²) in [6.07, 6.45) is 2.33. The average Bonchev–Trinajstić information content (AvgIpc) is 3.35. The van der Waals surface area contributed by atoms with Gasteiger partial charge in [-0.05, 0) is 18.8 Å². The van der Waals surface area contributed by atoms with E-state index < -0.39 is 59.7 Å². The van der Waals surface area contributed by atoms with Crippen LogP contribution in [-0.4, -0.2) is 74.7 Å². The van der Waals surface area contributed by atoms with Gasteiger partial charge in [0.05, 0.1) is 12.4 Å². The fourth-order valence-electron chi connectivity index (χ4n) is 3.25. The number of nitrogens with two attached hydrogens (primary N) is 3. The molecule has 1 aromatic rings. The molecule has 5 atom stereocenters. The highest BCUT2D eigenvalue weighted by atomic mass is 16.4. The second-order valence-corrected chi connectivity index (χ2v) is 8.72. The smallest absolute Gasteiger partial charge is 0.326 e. The van der Waals surface area contributed by atoms with Crippen LogP contribution in [0.3, 0.4) is 0 Å². The standard InChI is InChI=1S/C22H36N8O7/c1-3-11(2)18(25)21(35)28-13(4-6-16(23)31)19(33)30-15(8-12-9-26-10-27-12)20(34)29-14(22(36)37)5-7-17(24)32/h9-11,13-15,18H,3-8,25H2,1-2H3,(H2,23,31)(H2,24,32)(H,26,27)(H,28,35)(H,29,34)(H,30,33)(H,36,37). The number of carbonyl (C=O) groups excluding carboxylic acids is 5. The van der Waals surface area contributed by atoms with E-state index in [9.17, 15) is 33.9 Å². The van der Waals surface area contributed by atoms with Crippen molar-refractivity contribution in [2.75, 3.05) is 0 Å². The minimum absolute atomic E-state index is 0.109. The summed E-state index contributed by atoms with van der Waals surface area (Å²) in [7, 11) is 0. The van der Waals surface area contributed by atoms with E-state index in [4.69, 9.17) is 17.2 Å². The molecule has 0 aliphatic carbocycles. The summed E-state index contributed by atoms with van der Waals surface area (Å²) in [6, 6.07) is -4.92. The Kier molecular flexibility index (Phi) is 12.7. The van der Waals surface area contributed by atoms with Crippen molar-refractivity contribution in [2.24, 2.45) is 23.1 Å². The molecule has 206 valence electrons. The molecule has 0 saturated heterocycles. The lowest BCUT2D eigenvalue weighted by molar-refractivity contribution is -0.142. The van der Waals surface area contributed by atoms with E-state index >= 15 is 0 Å². The second kappa shape index (κ2) is 15.2. The van der Waals surface area contributed by atoms with Crippen LogP contribution in [0.4, 0.5) is 0 Å². The van der Waals surface area contributed by atoms with Crippen molar-refractivity contribution >= 4 is 35.5 Å². The van der Waals surface area contributed by atoms with E-state index in [1.807, 2.05) is 6.92 Å². The fraction of sp³-hybridized carbons (Fsp3) is 0.591. The van der Waals surface area contributed by atoms with E-state index in [0.717, 1.165) is 0 Å². The SMILES string of the molecule is CCC(C)C(N)C(=O)NC(CCC(N)=O)C(=O)NC(Cc1cnc[nH]1)C(=O)NC(CCC(N)=O)C(=O)O. The molecule has 1 aromatic heterocycles. The zero-order chi connectivity index (χ0) is 28.1. The highest BCUT2D eigenvalue weighted by Crippen LogP contribution is 2.08. The first kappa shape index (κ1) is 31.0. The van der Waals surface area contributed by atoms with Gasteiger partial charge in [0, 0.05) is 31.2 Å². The molecule has 0 saturated carbocycles. The number of imidazole rings is 1. The molecule has 0 spiro atoms. The van der Waals surface area contributed by atoms with Crippen LogP contribution >= 0.6 is 0 Å². The maximum absolute atomic E-state index is 13.1. The van der Waals surface area contributed by atoms with Gasteiger partial charge in [0.1, 0.15) is 18.1 Å². The number of carboxylic acids is 1. The van der Waals surface area contributed by atoms with E-state index in [2.05, 4.69) is 25.9 Å². The molecule has 0 fully saturated rings. The summed E-state index contributed by atoms with van der Waals surface area (Å²) in [5.74, 6) is -5.33. The lowest BCUT2D eigenvalue weighted by Crippen LogP contribution is -2.58. The summed E-state index contributed by atoms with van der Waals surface area (Å²) in [6.45, 7) is 3.62. The number of primary amides is 2. The first-order valence-electron chi connectivity index (χ1n) is 11.8. The number of carbonyl (C=O) groups is 6. The van der Waals surface area contributed by atoms with Crippen LogP contribution in [0.15, 0.2) is 12.5 Å². The molecule has 1 rings (SSSR count). The Bertz CT molecular complexity index is 953. The Morgan fingerprint density at radius 1 is 0.919 bits per heavy atom. The van der Waals surface area contributed by atoms with Crippen molar-refractivity contribution in [3.05, 3.63) is 18.2 Å². The third-order valence-corrected chi connectivity index (χ3v) is 5.78. The Morgan fingerprint density at radius 3 is 1.92 bits per heavy atom. The molecule has 1 heterocycles. The zero-order valence-corrected chi connectivity index (χ0v) is 20.9. The van der Waals surface area contributed by atoms with Gasteiger partial charge in [-0.3, -0.25) is 24.0 Å². The zero-order valence-electron chi connectivity index (χ0n) is 20.9. The van der Waals surface area contributed by atoms with Gasteiger partial charge in [-0.2, -0.15) is 0 Å². The monoisotopic (exact) mass is 524 g/mol. The predicted molar refractivity (Wildman–Crippen MR) is 130 cm³/mol. The van der Waals surface area contributed by atoms with Gasteiger partial charge in [-0.25, -0.2) is 9.78 Å². The van der Waals surface area contributed by atoms with Crippen molar-refractivity contribution in [3.8, 4) is 0 Å². The van der Waals surface area contributed by atoms with Crippen LogP contribution in [0.2, 0.25) is 0 Å². The Morgan fingerprint density at radius 2 is 1.43 bits per heavy atom. The minimum atomic E-state index is -1.44. The first-order chi connectivity index (χ1) is 17.3. The molecular formula is C22H36N8O7. The largest absolute Gasteiger partial charge is 0.480 e. The molecule has 11 N–H and O–H groups in total. The van der Waals surface area contributed by atoms with Crippen molar-refractivity contribution in [1.29, 1.82) is 0 Å². The summed E-state index contributed by atoms with van der Waals surface area (Å²) in [5, 5.41) is 16.7. The third-order valence-electron chi connectivity index (χ3n) is 5.78. The molecule has 5 amide bonds. The number of carboxylic acid groups (broad SMARTS) is 1. The highest BCUT2D eigenvalue weighted by Gasteiger charge is 2.31. The average molecular weight is 525 g/mol. The second-order valence-electron chi connectivity index (χ2n) is 8.72. The number of amides is 5. The van der Waals surface area contributed by atoms with E-state index in [-0.39, 0.29) is 38.0 Å². The van der Waals surface area contributed by atoms with Gasteiger partial charge in [0.2, 0.25) is 29.5 Å². The Balaban J connectivity index is 3.10. The molecule has 37 heavy (non-hydrogen) atoms. The van der Waals surface area contributed by atoms with Gasteiger partial charge >= 0.3 is 5.97 Å². The summed E-state index contributed by atoms with van der Waals surface area (Å²) >= 11 is 0. The number of nitrogens with zero attached hydrogens (tertiary/aromatic N) is 1. The van der Waals surface area contributed by atoms with Crippen molar-refractivity contribution < 1.29 is 33.9 Å². The van der Waals surface area contributed by atoms with Crippen LogP contribution in [0.1, 0.15) is 51.6 Å². The van der Waals surface area contributed by atoms with Crippen molar-refractivity contribution in [3.63, 3.8) is 0 Å². The Hall–Kier alpha value is -4.01. The minimum Gasteiger partial charge on any atom is -0.480 e. The van der Waals surface area contributed by atoms with Crippen molar-refractivity contribution in [1.82, 2.24) is 25.9 Å². The lowest BCUT2D eigenvalue weighted by Gasteiger charge is -2.26. The number of hydrogen-bond donors (Lipinski definition) is 8. The number of nitrogens with one attached hydrogen (secondary N) is 4. The Labute approximate surface area is 213 Å². The molecule has 0 radical (unpaired) electrons. The normalized spacial score (nSPS) is 14.9. The van der Waals surface area contributed by atoms with Gasteiger partial charge in [-0.1, -0.05) is 20.3 Å².